The summed E-state index contributed by atoms with van der Waals surface area (Å²) in [5, 5.41) is 11.4. The molecule has 4 nitrogen and oxygen atoms in total. The van der Waals surface area contributed by atoms with Crippen molar-refractivity contribution in [1.82, 2.24) is 4.90 Å². The Morgan fingerprint density at radius 2 is 2.12 bits per heavy atom. The first-order chi connectivity index (χ1) is 11.5. The van der Waals surface area contributed by atoms with Gasteiger partial charge in [0.05, 0.1) is 5.02 Å². The molecule has 1 saturated heterocycles. The maximum atomic E-state index is 12.4. The second-order valence-corrected chi connectivity index (χ2v) is 7.66. The molecule has 1 aliphatic carbocycles. The number of carbonyl (C=O) groups excluding carboxylic acids is 1. The normalized spacial score (nSPS) is 25.0. The summed E-state index contributed by atoms with van der Waals surface area (Å²) in [6, 6.07) is 5.62. The largest absolute Gasteiger partial charge is 0.489 e. The highest BCUT2D eigenvalue weighted by atomic mass is 35.5. The van der Waals surface area contributed by atoms with Gasteiger partial charge in [-0.2, -0.15) is 0 Å². The van der Waals surface area contributed by atoms with Gasteiger partial charge in [-0.25, -0.2) is 0 Å². The minimum absolute atomic E-state index is 0.210. The van der Waals surface area contributed by atoms with E-state index in [0.717, 1.165) is 31.4 Å². The molecule has 1 heterocycles. The van der Waals surface area contributed by atoms with Crippen molar-refractivity contribution < 1.29 is 14.6 Å². The van der Waals surface area contributed by atoms with Gasteiger partial charge >= 0.3 is 0 Å². The summed E-state index contributed by atoms with van der Waals surface area (Å²) in [5.41, 5.74) is 0.168. The van der Waals surface area contributed by atoms with Crippen molar-refractivity contribution >= 4 is 17.5 Å². The maximum absolute atomic E-state index is 12.4. The van der Waals surface area contributed by atoms with Crippen LogP contribution in [0.1, 0.15) is 44.1 Å². The van der Waals surface area contributed by atoms with E-state index in [1.165, 1.54) is 6.42 Å². The second kappa shape index (κ2) is 7.32. The van der Waals surface area contributed by atoms with Crippen molar-refractivity contribution in [2.24, 2.45) is 5.92 Å². The van der Waals surface area contributed by atoms with Crippen molar-refractivity contribution in [2.45, 2.75) is 51.0 Å². The van der Waals surface area contributed by atoms with Crippen LogP contribution in [0.25, 0.3) is 0 Å². The number of hydrogen-bond donors (Lipinski definition) is 1. The Bertz CT molecular complexity index is 602. The predicted octanol–water partition coefficient (Wildman–Crippen LogP) is 3.57. The monoisotopic (exact) mass is 351 g/mol. The van der Waals surface area contributed by atoms with Crippen LogP contribution in [0, 0.1) is 12.8 Å². The third-order valence-electron chi connectivity index (χ3n) is 5.27. The zero-order valence-corrected chi connectivity index (χ0v) is 15.0. The van der Waals surface area contributed by atoms with E-state index in [1.54, 1.807) is 0 Å². The number of amides is 1. The molecule has 1 aromatic rings. The average molecular weight is 352 g/mol. The molecule has 0 bridgehead atoms. The summed E-state index contributed by atoms with van der Waals surface area (Å²) >= 11 is 6.15. The van der Waals surface area contributed by atoms with Crippen LogP contribution in [0.3, 0.4) is 0 Å². The van der Waals surface area contributed by atoms with Crippen molar-refractivity contribution in [3.05, 3.63) is 28.8 Å². The van der Waals surface area contributed by atoms with E-state index < -0.39 is 5.60 Å². The molecule has 1 amide bonds. The molecule has 132 valence electrons. The molecule has 1 atom stereocenters. The third kappa shape index (κ3) is 4.04. The van der Waals surface area contributed by atoms with Crippen molar-refractivity contribution in [1.29, 1.82) is 0 Å². The standard InChI is InChI=1S/C19H26ClNO3/c1-14-6-7-16(20)17(12-14)24-13-19(23)8-3-10-21(11-9-19)18(22)15-4-2-5-15/h6-7,12,15,23H,2-5,8-11,13H2,1H3. The number of carbonyl (C=O) groups is 1. The molecule has 0 spiro atoms. The Hall–Kier alpha value is -1.26. The molecule has 1 aliphatic heterocycles. The lowest BCUT2D eigenvalue weighted by Gasteiger charge is -2.31. The second-order valence-electron chi connectivity index (χ2n) is 7.25. The molecule has 2 aliphatic rings. The molecule has 24 heavy (non-hydrogen) atoms. The summed E-state index contributed by atoms with van der Waals surface area (Å²) in [7, 11) is 0. The summed E-state index contributed by atoms with van der Waals surface area (Å²) in [6.07, 6.45) is 5.21. The van der Waals surface area contributed by atoms with Crippen molar-refractivity contribution in [2.75, 3.05) is 19.7 Å². The van der Waals surface area contributed by atoms with Crippen LogP contribution in [0.4, 0.5) is 0 Å². The Labute approximate surface area is 148 Å². The van der Waals surface area contributed by atoms with Crippen LogP contribution >= 0.6 is 11.6 Å². The number of nitrogens with zero attached hydrogens (tertiary/aromatic N) is 1. The molecule has 2 fully saturated rings. The van der Waals surface area contributed by atoms with Gasteiger partial charge < -0.3 is 14.7 Å². The van der Waals surface area contributed by atoms with E-state index in [0.29, 0.717) is 30.2 Å². The number of aryl methyl sites for hydroxylation is 1. The molecule has 5 heteroatoms. The number of benzene rings is 1. The highest BCUT2D eigenvalue weighted by molar-refractivity contribution is 6.32. The highest BCUT2D eigenvalue weighted by Crippen LogP contribution is 2.31. The van der Waals surface area contributed by atoms with Gasteiger partial charge in [-0.1, -0.05) is 24.1 Å². The van der Waals surface area contributed by atoms with Gasteiger partial charge in [-0.15, -0.1) is 0 Å². The summed E-state index contributed by atoms with van der Waals surface area (Å²) < 4.78 is 5.81. The molecule has 0 radical (unpaired) electrons. The lowest BCUT2D eigenvalue weighted by Crippen LogP contribution is -2.41. The lowest BCUT2D eigenvalue weighted by atomic mass is 9.84. The lowest BCUT2D eigenvalue weighted by molar-refractivity contribution is -0.138. The first-order valence-corrected chi connectivity index (χ1v) is 9.25. The van der Waals surface area contributed by atoms with Gasteiger partial charge in [0.15, 0.2) is 0 Å². The smallest absolute Gasteiger partial charge is 0.225 e. The van der Waals surface area contributed by atoms with Crippen LogP contribution in [0.2, 0.25) is 5.02 Å². The Morgan fingerprint density at radius 3 is 2.83 bits per heavy atom. The minimum Gasteiger partial charge on any atom is -0.489 e. The predicted molar refractivity (Wildman–Crippen MR) is 94.4 cm³/mol. The topological polar surface area (TPSA) is 49.8 Å². The summed E-state index contributed by atoms with van der Waals surface area (Å²) in [5.74, 6) is 1.10. The van der Waals surface area contributed by atoms with Gasteiger partial charge in [-0.05, 0) is 56.7 Å². The number of ether oxygens (including phenoxy) is 1. The van der Waals surface area contributed by atoms with Gasteiger partial charge in [-0.3, -0.25) is 4.79 Å². The summed E-state index contributed by atoms with van der Waals surface area (Å²) in [6.45, 7) is 3.54. The molecule has 1 N–H and O–H groups in total. The first-order valence-electron chi connectivity index (χ1n) is 8.87. The van der Waals surface area contributed by atoms with Crippen molar-refractivity contribution in [3.63, 3.8) is 0 Å². The number of hydrogen-bond acceptors (Lipinski definition) is 3. The molecule has 0 aromatic heterocycles. The fourth-order valence-electron chi connectivity index (χ4n) is 3.39. The molecule has 1 aromatic carbocycles. The van der Waals surface area contributed by atoms with E-state index in [1.807, 2.05) is 30.0 Å². The molecular formula is C19H26ClNO3. The SMILES string of the molecule is Cc1ccc(Cl)c(OCC2(O)CCCN(C(=O)C3CCC3)CC2)c1. The van der Waals surface area contributed by atoms with Crippen LogP contribution in [-0.4, -0.2) is 41.2 Å². The van der Waals surface area contributed by atoms with Crippen LogP contribution in [-0.2, 0) is 4.79 Å². The van der Waals surface area contributed by atoms with Gasteiger partial charge in [0.25, 0.3) is 0 Å². The molecule has 1 saturated carbocycles. The van der Waals surface area contributed by atoms with E-state index in [4.69, 9.17) is 16.3 Å². The van der Waals surface area contributed by atoms with E-state index in [9.17, 15) is 9.90 Å². The number of likely N-dealkylation sites (tertiary alicyclic amines) is 1. The maximum Gasteiger partial charge on any atom is 0.225 e. The molecular weight excluding hydrogens is 326 g/mol. The zero-order chi connectivity index (χ0) is 17.2. The first kappa shape index (κ1) is 17.6. The van der Waals surface area contributed by atoms with Crippen molar-refractivity contribution in [3.8, 4) is 5.75 Å². The quantitative estimate of drug-likeness (QED) is 0.902. The Balaban J connectivity index is 1.57. The van der Waals surface area contributed by atoms with Gasteiger partial charge in [0.1, 0.15) is 18.0 Å². The van der Waals surface area contributed by atoms with Crippen LogP contribution < -0.4 is 4.74 Å². The van der Waals surface area contributed by atoms with Crippen LogP contribution in [0.15, 0.2) is 18.2 Å². The van der Waals surface area contributed by atoms with Gasteiger partial charge in [0.2, 0.25) is 5.91 Å². The summed E-state index contributed by atoms with van der Waals surface area (Å²) in [4.78, 5) is 14.3. The van der Waals surface area contributed by atoms with E-state index >= 15 is 0 Å². The van der Waals surface area contributed by atoms with Gasteiger partial charge in [0, 0.05) is 19.0 Å². The molecule has 1 unspecified atom stereocenters. The Kier molecular flexibility index (Phi) is 5.36. The third-order valence-corrected chi connectivity index (χ3v) is 5.58. The average Bonchev–Trinajstić information content (AvgIpc) is 2.69. The number of rotatable bonds is 4. The zero-order valence-electron chi connectivity index (χ0n) is 14.3. The fraction of sp³-hybridized carbons (Fsp3) is 0.632. The number of halogens is 1. The number of aliphatic hydroxyl groups is 1. The van der Waals surface area contributed by atoms with Crippen LogP contribution in [0.5, 0.6) is 5.75 Å². The Morgan fingerprint density at radius 1 is 1.33 bits per heavy atom. The highest BCUT2D eigenvalue weighted by Gasteiger charge is 2.35. The fourth-order valence-corrected chi connectivity index (χ4v) is 3.56. The minimum atomic E-state index is -0.901. The van der Waals surface area contributed by atoms with E-state index in [2.05, 4.69) is 0 Å². The van der Waals surface area contributed by atoms with E-state index in [-0.39, 0.29) is 18.4 Å². The molecule has 3 rings (SSSR count).